The SMILES string of the molecule is COC(=O)C1=C(C(C)C)NC(=S)N[C@H]1c1ccc(C(F)(F)F)cc1. The Hall–Kier alpha value is -2.09. The average molecular weight is 358 g/mol. The van der Waals surface area contributed by atoms with Crippen molar-refractivity contribution < 1.29 is 22.7 Å². The third kappa shape index (κ3) is 3.69. The van der Waals surface area contributed by atoms with Gasteiger partial charge in [0.15, 0.2) is 5.11 Å². The number of rotatable bonds is 3. The lowest BCUT2D eigenvalue weighted by atomic mass is 9.91. The molecule has 130 valence electrons. The Morgan fingerprint density at radius 1 is 1.25 bits per heavy atom. The Morgan fingerprint density at radius 2 is 1.83 bits per heavy atom. The molecule has 2 N–H and O–H groups in total. The van der Waals surface area contributed by atoms with Crippen LogP contribution in [0, 0.1) is 5.92 Å². The standard InChI is InChI=1S/C16H17F3N2O2S/c1-8(2)12-11(14(22)23-3)13(21-15(24)20-12)9-4-6-10(7-5-9)16(17,18)19/h4-8,13H,1-3H3,(H2,20,21,24)/t13-/m0/s1. The molecule has 0 radical (unpaired) electrons. The van der Waals surface area contributed by atoms with Crippen LogP contribution < -0.4 is 10.6 Å². The predicted octanol–water partition coefficient (Wildman–Crippen LogP) is 3.31. The maximum atomic E-state index is 12.7. The molecule has 0 amide bonds. The molecule has 0 saturated carbocycles. The molecule has 0 aromatic heterocycles. The fourth-order valence-corrected chi connectivity index (χ4v) is 2.72. The maximum Gasteiger partial charge on any atom is 0.416 e. The largest absolute Gasteiger partial charge is 0.466 e. The number of methoxy groups -OCH3 is 1. The molecule has 2 rings (SSSR count). The van der Waals surface area contributed by atoms with E-state index < -0.39 is 23.8 Å². The zero-order chi connectivity index (χ0) is 18.1. The molecule has 1 aliphatic heterocycles. The highest BCUT2D eigenvalue weighted by Crippen LogP contribution is 2.33. The van der Waals surface area contributed by atoms with Crippen molar-refractivity contribution in [1.29, 1.82) is 0 Å². The van der Waals surface area contributed by atoms with Crippen molar-refractivity contribution in [2.75, 3.05) is 7.11 Å². The topological polar surface area (TPSA) is 50.4 Å². The molecule has 0 fully saturated rings. The first-order chi connectivity index (χ1) is 11.1. The molecule has 8 heteroatoms. The van der Waals surface area contributed by atoms with Crippen LogP contribution in [0.15, 0.2) is 35.5 Å². The van der Waals surface area contributed by atoms with Crippen LogP contribution in [0.3, 0.4) is 0 Å². The first-order valence-electron chi connectivity index (χ1n) is 7.22. The lowest BCUT2D eigenvalue weighted by Crippen LogP contribution is -2.46. The van der Waals surface area contributed by atoms with Gasteiger partial charge < -0.3 is 15.4 Å². The second-order valence-corrected chi connectivity index (χ2v) is 6.03. The summed E-state index contributed by atoms with van der Waals surface area (Å²) < 4.78 is 43.0. The Balaban J connectivity index is 2.51. The van der Waals surface area contributed by atoms with E-state index in [1.807, 2.05) is 13.8 Å². The van der Waals surface area contributed by atoms with E-state index in [1.165, 1.54) is 19.2 Å². The highest BCUT2D eigenvalue weighted by Gasteiger charge is 2.34. The Morgan fingerprint density at radius 3 is 2.29 bits per heavy atom. The second-order valence-electron chi connectivity index (χ2n) is 5.62. The van der Waals surface area contributed by atoms with E-state index in [2.05, 4.69) is 10.6 Å². The number of carbonyl (C=O) groups is 1. The smallest absolute Gasteiger partial charge is 0.416 e. The number of nitrogens with one attached hydrogen (secondary N) is 2. The van der Waals surface area contributed by atoms with Crippen LogP contribution in [0.1, 0.15) is 31.0 Å². The van der Waals surface area contributed by atoms with Gasteiger partial charge in [0.1, 0.15) is 0 Å². The van der Waals surface area contributed by atoms with Crippen molar-refractivity contribution in [3.8, 4) is 0 Å². The van der Waals surface area contributed by atoms with Crippen molar-refractivity contribution in [2.24, 2.45) is 5.92 Å². The molecule has 0 aliphatic carbocycles. The van der Waals surface area contributed by atoms with E-state index in [4.69, 9.17) is 17.0 Å². The molecule has 1 aromatic rings. The first-order valence-corrected chi connectivity index (χ1v) is 7.63. The summed E-state index contributed by atoms with van der Waals surface area (Å²) in [5.41, 5.74) is 0.636. The van der Waals surface area contributed by atoms with E-state index >= 15 is 0 Å². The van der Waals surface area contributed by atoms with Gasteiger partial charge in [0.25, 0.3) is 0 Å². The minimum atomic E-state index is -4.42. The van der Waals surface area contributed by atoms with Gasteiger partial charge in [-0.2, -0.15) is 13.2 Å². The second kappa shape index (κ2) is 6.80. The van der Waals surface area contributed by atoms with Gasteiger partial charge in [-0.1, -0.05) is 26.0 Å². The van der Waals surface area contributed by atoms with Crippen molar-refractivity contribution in [3.05, 3.63) is 46.7 Å². The number of ether oxygens (including phenoxy) is 1. The Bertz CT molecular complexity index is 682. The number of esters is 1. The van der Waals surface area contributed by atoms with Crippen molar-refractivity contribution in [2.45, 2.75) is 26.1 Å². The van der Waals surface area contributed by atoms with Gasteiger partial charge in [-0.05, 0) is 35.8 Å². The first kappa shape index (κ1) is 18.3. The summed E-state index contributed by atoms with van der Waals surface area (Å²) in [7, 11) is 1.25. The number of carbonyl (C=O) groups excluding carboxylic acids is 1. The average Bonchev–Trinajstić information content (AvgIpc) is 2.52. The summed E-state index contributed by atoms with van der Waals surface area (Å²) in [6.45, 7) is 3.76. The van der Waals surface area contributed by atoms with E-state index in [0.717, 1.165) is 12.1 Å². The van der Waals surface area contributed by atoms with Gasteiger partial charge in [-0.15, -0.1) is 0 Å². The number of alkyl halides is 3. The minimum absolute atomic E-state index is 0.0453. The molecule has 4 nitrogen and oxygen atoms in total. The fraction of sp³-hybridized carbons (Fsp3) is 0.375. The summed E-state index contributed by atoms with van der Waals surface area (Å²) in [5.74, 6) is -0.609. The summed E-state index contributed by atoms with van der Waals surface area (Å²) in [6, 6.07) is 3.94. The normalized spacial score (nSPS) is 18.3. The van der Waals surface area contributed by atoms with E-state index in [1.54, 1.807) is 0 Å². The highest BCUT2D eigenvalue weighted by atomic mass is 32.1. The zero-order valence-electron chi connectivity index (χ0n) is 13.3. The molecule has 0 bridgehead atoms. The Labute approximate surface area is 143 Å². The van der Waals surface area contributed by atoms with Crippen LogP contribution in [0.4, 0.5) is 13.2 Å². The van der Waals surface area contributed by atoms with Gasteiger partial charge in [-0.3, -0.25) is 0 Å². The Kier molecular flexibility index (Phi) is 5.17. The van der Waals surface area contributed by atoms with Crippen LogP contribution in [0.25, 0.3) is 0 Å². The van der Waals surface area contributed by atoms with Crippen LogP contribution in [-0.2, 0) is 15.7 Å². The predicted molar refractivity (Wildman–Crippen MR) is 86.9 cm³/mol. The van der Waals surface area contributed by atoms with E-state index in [-0.39, 0.29) is 5.92 Å². The van der Waals surface area contributed by atoms with Crippen molar-refractivity contribution in [1.82, 2.24) is 10.6 Å². The number of allylic oxidation sites excluding steroid dienone is 1. The summed E-state index contributed by atoms with van der Waals surface area (Å²) in [4.78, 5) is 12.2. The molecule has 1 heterocycles. The van der Waals surface area contributed by atoms with Crippen LogP contribution in [-0.4, -0.2) is 18.2 Å². The lowest BCUT2D eigenvalue weighted by molar-refractivity contribution is -0.138. The van der Waals surface area contributed by atoms with Crippen LogP contribution in [0.2, 0.25) is 0 Å². The molecule has 1 atom stereocenters. The monoisotopic (exact) mass is 358 g/mol. The van der Waals surface area contributed by atoms with Gasteiger partial charge in [0, 0.05) is 5.70 Å². The molecule has 1 aliphatic rings. The van der Waals surface area contributed by atoms with Gasteiger partial charge in [-0.25, -0.2) is 4.79 Å². The summed E-state index contributed by atoms with van der Waals surface area (Å²) >= 11 is 5.15. The number of halogens is 3. The third-order valence-corrected chi connectivity index (χ3v) is 3.88. The van der Waals surface area contributed by atoms with E-state index in [0.29, 0.717) is 21.9 Å². The molecular formula is C16H17F3N2O2S. The van der Waals surface area contributed by atoms with E-state index in [9.17, 15) is 18.0 Å². The number of thiocarbonyl (C=S) groups is 1. The fourth-order valence-electron chi connectivity index (χ4n) is 2.49. The third-order valence-electron chi connectivity index (χ3n) is 3.66. The maximum absolute atomic E-state index is 12.7. The summed E-state index contributed by atoms with van der Waals surface area (Å²) in [6.07, 6.45) is -4.42. The van der Waals surface area contributed by atoms with Crippen LogP contribution >= 0.6 is 12.2 Å². The van der Waals surface area contributed by atoms with Crippen molar-refractivity contribution in [3.63, 3.8) is 0 Å². The minimum Gasteiger partial charge on any atom is -0.466 e. The van der Waals surface area contributed by atoms with Gasteiger partial charge in [0.2, 0.25) is 0 Å². The van der Waals surface area contributed by atoms with Gasteiger partial charge in [0.05, 0.1) is 24.3 Å². The lowest BCUT2D eigenvalue weighted by Gasteiger charge is -2.32. The number of hydrogen-bond donors (Lipinski definition) is 2. The highest BCUT2D eigenvalue weighted by molar-refractivity contribution is 7.80. The zero-order valence-corrected chi connectivity index (χ0v) is 14.1. The quantitative estimate of drug-likeness (QED) is 0.641. The molecule has 1 aromatic carbocycles. The number of benzene rings is 1. The molecule has 0 saturated heterocycles. The molecular weight excluding hydrogens is 341 g/mol. The molecule has 0 spiro atoms. The van der Waals surface area contributed by atoms with Crippen molar-refractivity contribution >= 4 is 23.3 Å². The molecule has 0 unspecified atom stereocenters. The number of hydrogen-bond acceptors (Lipinski definition) is 3. The summed E-state index contributed by atoms with van der Waals surface area (Å²) in [5, 5.41) is 6.16. The molecule has 24 heavy (non-hydrogen) atoms. The van der Waals surface area contributed by atoms with Crippen LogP contribution in [0.5, 0.6) is 0 Å². The van der Waals surface area contributed by atoms with Gasteiger partial charge >= 0.3 is 12.1 Å².